The summed E-state index contributed by atoms with van der Waals surface area (Å²) in [7, 11) is 0. The minimum absolute atomic E-state index is 0.254. The van der Waals surface area contributed by atoms with Crippen LogP contribution in [0.2, 0.25) is 0 Å². The van der Waals surface area contributed by atoms with Crippen molar-refractivity contribution in [3.8, 4) is 11.1 Å². The number of fused-ring (bicyclic) bond motifs is 1. The molecule has 184 valence electrons. The number of hydrogen-bond acceptors (Lipinski definition) is 3. The number of aliphatic carboxylic acids is 1. The smallest absolute Gasteiger partial charge is 0.326 e. The van der Waals surface area contributed by atoms with Gasteiger partial charge in [-0.1, -0.05) is 68.4 Å². The lowest BCUT2D eigenvalue weighted by atomic mass is 10.0. The van der Waals surface area contributed by atoms with E-state index in [4.69, 9.17) is 0 Å². The first kappa shape index (κ1) is 25.1. The van der Waals surface area contributed by atoms with Crippen LogP contribution in [0.1, 0.15) is 24.2 Å². The Hall–Kier alpha value is -4.01. The summed E-state index contributed by atoms with van der Waals surface area (Å²) in [6, 6.07) is 26.4. The summed E-state index contributed by atoms with van der Waals surface area (Å²) >= 11 is -2.30. The van der Waals surface area contributed by atoms with Gasteiger partial charge < -0.3 is 10.4 Å². The number of nitrogens with zero attached hydrogens (tertiary/aromatic N) is 1. The molecule has 2 atom stereocenters. The highest BCUT2D eigenvalue weighted by molar-refractivity contribution is 7.81. The van der Waals surface area contributed by atoms with Gasteiger partial charge in [-0.2, -0.15) is 0 Å². The van der Waals surface area contributed by atoms with Gasteiger partial charge in [0.25, 0.3) is 17.2 Å². The van der Waals surface area contributed by atoms with E-state index < -0.39 is 29.2 Å². The van der Waals surface area contributed by atoms with Gasteiger partial charge in [0.15, 0.2) is 0 Å². The Morgan fingerprint density at radius 2 is 1.47 bits per heavy atom. The summed E-state index contributed by atoms with van der Waals surface area (Å²) in [5.41, 5.74) is 3.05. The van der Waals surface area contributed by atoms with E-state index in [1.165, 1.54) is 4.31 Å². The molecule has 0 fully saturated rings. The molecule has 36 heavy (non-hydrogen) atoms. The molecular formula is C28H26N2O5S. The maximum absolute atomic E-state index is 12.5. The van der Waals surface area contributed by atoms with E-state index in [1.54, 1.807) is 62.4 Å². The van der Waals surface area contributed by atoms with Crippen molar-refractivity contribution in [1.29, 1.82) is 0 Å². The third-order valence-electron chi connectivity index (χ3n) is 5.90. The molecule has 0 heterocycles. The van der Waals surface area contributed by atoms with Crippen LogP contribution in [0.15, 0.2) is 91.0 Å². The summed E-state index contributed by atoms with van der Waals surface area (Å²) < 4.78 is 23.8. The number of hydrogen-bond donors (Lipinski definition) is 3. The van der Waals surface area contributed by atoms with Crippen LogP contribution in [-0.4, -0.2) is 31.8 Å². The molecule has 1 amide bonds. The molecule has 0 radical (unpaired) electrons. The van der Waals surface area contributed by atoms with Gasteiger partial charge in [0, 0.05) is 5.56 Å². The Morgan fingerprint density at radius 1 is 0.806 bits per heavy atom. The molecule has 3 N–H and O–H groups in total. The number of anilines is 2. The second-order valence-corrected chi connectivity index (χ2v) is 9.54. The lowest BCUT2D eigenvalue weighted by molar-refractivity contribution is -0.140. The van der Waals surface area contributed by atoms with Crippen LogP contribution in [0.3, 0.4) is 0 Å². The van der Waals surface area contributed by atoms with Crippen LogP contribution in [0.25, 0.3) is 21.9 Å². The number of carbonyl (C=O) groups is 2. The predicted octanol–water partition coefficient (Wildman–Crippen LogP) is 5.62. The molecule has 0 bridgehead atoms. The molecule has 4 aromatic rings. The highest BCUT2D eigenvalue weighted by Gasteiger charge is 2.24. The topological polar surface area (TPSA) is 107 Å². The quantitative estimate of drug-likeness (QED) is 0.271. The summed E-state index contributed by atoms with van der Waals surface area (Å²) in [6.07, 6.45) is 0. The van der Waals surface area contributed by atoms with Crippen molar-refractivity contribution >= 4 is 45.3 Å². The molecule has 0 spiro atoms. The van der Waals surface area contributed by atoms with Crippen LogP contribution >= 0.6 is 0 Å². The minimum atomic E-state index is -2.30. The summed E-state index contributed by atoms with van der Waals surface area (Å²) in [5.74, 6) is -1.80. The second kappa shape index (κ2) is 10.7. The first-order valence-corrected chi connectivity index (χ1v) is 12.4. The number of carbonyl (C=O) groups excluding carboxylic acids is 1. The Balaban J connectivity index is 1.60. The van der Waals surface area contributed by atoms with E-state index in [0.29, 0.717) is 16.9 Å². The molecule has 7 nitrogen and oxygen atoms in total. The first-order valence-electron chi connectivity index (χ1n) is 11.4. The highest BCUT2D eigenvalue weighted by Crippen LogP contribution is 2.32. The molecule has 0 aliphatic rings. The number of rotatable bonds is 8. The van der Waals surface area contributed by atoms with E-state index in [1.807, 2.05) is 42.5 Å². The average Bonchev–Trinajstić information content (AvgIpc) is 2.87. The van der Waals surface area contributed by atoms with Gasteiger partial charge in [0.1, 0.15) is 6.04 Å². The van der Waals surface area contributed by atoms with E-state index in [0.717, 1.165) is 21.9 Å². The van der Waals surface area contributed by atoms with E-state index >= 15 is 0 Å². The lowest BCUT2D eigenvalue weighted by Crippen LogP contribution is -2.44. The molecular weight excluding hydrogens is 476 g/mol. The molecule has 4 rings (SSSR count). The minimum Gasteiger partial charge on any atom is -0.480 e. The standard InChI is InChI=1S/C28H26N2O5S/c1-18(2)26(28(32)33)29-27(31)21-12-10-20(11-13-21)23-8-5-9-24(16-23)30(36(34)35)25-15-14-19-6-3-4-7-22(19)17-25/h3-18,26H,1-2H3,(H,29,31)(H,32,33)(H,34,35). The SMILES string of the molecule is CC(C)C(NC(=O)c1ccc(-c2cccc(N(c3ccc4ccccc4c3)S(=O)O)c2)cc1)C(=O)O. The van der Waals surface area contributed by atoms with Gasteiger partial charge in [0.2, 0.25) is 0 Å². The number of carboxylic acid groups (broad SMARTS) is 1. The zero-order valence-corrected chi connectivity index (χ0v) is 20.6. The maximum Gasteiger partial charge on any atom is 0.326 e. The van der Waals surface area contributed by atoms with Gasteiger partial charge >= 0.3 is 5.97 Å². The Kier molecular flexibility index (Phi) is 7.47. The van der Waals surface area contributed by atoms with Crippen LogP contribution < -0.4 is 9.62 Å². The van der Waals surface area contributed by atoms with Crippen LogP contribution in [-0.2, 0) is 16.1 Å². The Labute approximate surface area is 211 Å². The van der Waals surface area contributed by atoms with Crippen LogP contribution in [0.4, 0.5) is 11.4 Å². The van der Waals surface area contributed by atoms with Crippen LogP contribution in [0, 0.1) is 5.92 Å². The van der Waals surface area contributed by atoms with Gasteiger partial charge in [-0.3, -0.25) is 9.35 Å². The van der Waals surface area contributed by atoms with Crippen molar-refractivity contribution in [2.45, 2.75) is 19.9 Å². The van der Waals surface area contributed by atoms with E-state index in [-0.39, 0.29) is 5.92 Å². The number of benzene rings is 4. The second-order valence-electron chi connectivity index (χ2n) is 8.72. The van der Waals surface area contributed by atoms with Gasteiger partial charge in [-0.15, -0.1) is 0 Å². The summed E-state index contributed by atoms with van der Waals surface area (Å²) in [6.45, 7) is 3.46. The van der Waals surface area contributed by atoms with Crippen molar-refractivity contribution in [3.63, 3.8) is 0 Å². The summed E-state index contributed by atoms with van der Waals surface area (Å²) in [5, 5.41) is 13.9. The van der Waals surface area contributed by atoms with Gasteiger partial charge in [-0.25, -0.2) is 13.3 Å². The van der Waals surface area contributed by atoms with Gasteiger partial charge in [0.05, 0.1) is 11.4 Å². The van der Waals surface area contributed by atoms with Crippen molar-refractivity contribution < 1.29 is 23.5 Å². The average molecular weight is 503 g/mol. The third kappa shape index (κ3) is 5.45. The van der Waals surface area contributed by atoms with Crippen molar-refractivity contribution in [2.75, 3.05) is 4.31 Å². The fraction of sp³-hybridized carbons (Fsp3) is 0.143. The predicted molar refractivity (Wildman–Crippen MR) is 142 cm³/mol. The Bertz CT molecular complexity index is 1440. The monoisotopic (exact) mass is 502 g/mol. The Morgan fingerprint density at radius 3 is 2.11 bits per heavy atom. The van der Waals surface area contributed by atoms with E-state index in [2.05, 4.69) is 5.32 Å². The van der Waals surface area contributed by atoms with Crippen molar-refractivity contribution in [1.82, 2.24) is 5.32 Å². The molecule has 0 saturated heterocycles. The van der Waals surface area contributed by atoms with Crippen LogP contribution in [0.5, 0.6) is 0 Å². The highest BCUT2D eigenvalue weighted by atomic mass is 32.2. The van der Waals surface area contributed by atoms with E-state index in [9.17, 15) is 23.5 Å². The first-order chi connectivity index (χ1) is 17.2. The molecule has 0 saturated carbocycles. The zero-order valence-electron chi connectivity index (χ0n) is 19.8. The number of amides is 1. The normalized spacial score (nSPS) is 12.8. The van der Waals surface area contributed by atoms with Gasteiger partial charge in [-0.05, 0) is 64.2 Å². The van der Waals surface area contributed by atoms with Crippen molar-refractivity contribution in [2.24, 2.45) is 5.92 Å². The molecule has 0 aliphatic heterocycles. The largest absolute Gasteiger partial charge is 0.480 e. The molecule has 8 heteroatoms. The number of nitrogens with one attached hydrogen (secondary N) is 1. The molecule has 0 aliphatic carbocycles. The third-order valence-corrected chi connectivity index (χ3v) is 6.64. The maximum atomic E-state index is 12.5. The molecule has 4 aromatic carbocycles. The lowest BCUT2D eigenvalue weighted by Gasteiger charge is -2.21. The summed E-state index contributed by atoms with van der Waals surface area (Å²) in [4.78, 5) is 23.9. The fourth-order valence-electron chi connectivity index (χ4n) is 4.00. The van der Waals surface area contributed by atoms with Crippen molar-refractivity contribution in [3.05, 3.63) is 96.6 Å². The number of carboxylic acids is 1. The molecule has 2 unspecified atom stereocenters. The zero-order chi connectivity index (χ0) is 25.8. The fourth-order valence-corrected chi connectivity index (χ4v) is 4.58. The molecule has 0 aromatic heterocycles.